The number of para-hydroxylation sites is 1. The van der Waals surface area contributed by atoms with Gasteiger partial charge in [-0.05, 0) is 35.9 Å². The van der Waals surface area contributed by atoms with Gasteiger partial charge in [-0.25, -0.2) is 4.68 Å². The zero-order chi connectivity index (χ0) is 21.8. The molecule has 4 aromatic rings. The van der Waals surface area contributed by atoms with Crippen LogP contribution >= 0.6 is 34.8 Å². The fourth-order valence-corrected chi connectivity index (χ4v) is 3.43. The number of rotatable bonds is 7. The number of nitrogens with one attached hydrogen (secondary N) is 1. The van der Waals surface area contributed by atoms with Crippen LogP contribution in [0.4, 0.5) is 5.82 Å². The first-order valence-electron chi connectivity index (χ1n) is 9.17. The maximum atomic E-state index is 12.5. The topological polar surface area (TPSA) is 74.0 Å². The molecule has 0 unspecified atom stereocenters. The molecule has 10 heteroatoms. The summed E-state index contributed by atoms with van der Waals surface area (Å²) in [6, 6.07) is 15.7. The number of benzene rings is 2. The molecule has 1 amide bonds. The van der Waals surface area contributed by atoms with Crippen molar-refractivity contribution in [1.29, 1.82) is 0 Å². The molecule has 2 aromatic heterocycles. The van der Waals surface area contributed by atoms with E-state index in [2.05, 4.69) is 15.5 Å². The molecule has 1 N–H and O–H groups in total. The minimum atomic E-state index is -0.383. The fraction of sp³-hybridized carbons (Fsp3) is 0.0952. The SMILES string of the molecule is O=C(Nc1ccn(Cc2ccc(Cl)cc2Cl)n1)c1ccn(COc2ccccc2Cl)n1. The largest absolute Gasteiger partial charge is 0.470 e. The molecule has 4 rings (SSSR count). The highest BCUT2D eigenvalue weighted by Crippen LogP contribution is 2.23. The van der Waals surface area contributed by atoms with Crippen molar-refractivity contribution in [2.45, 2.75) is 13.3 Å². The highest BCUT2D eigenvalue weighted by atomic mass is 35.5. The summed E-state index contributed by atoms with van der Waals surface area (Å²) >= 11 is 18.2. The highest BCUT2D eigenvalue weighted by molar-refractivity contribution is 6.35. The van der Waals surface area contributed by atoms with Crippen LogP contribution in [0.3, 0.4) is 0 Å². The molecular weight excluding hydrogens is 461 g/mol. The van der Waals surface area contributed by atoms with E-state index < -0.39 is 0 Å². The molecular formula is C21H16Cl3N5O2. The second-order valence-corrected chi connectivity index (χ2v) is 7.78. The summed E-state index contributed by atoms with van der Waals surface area (Å²) in [7, 11) is 0. The van der Waals surface area contributed by atoms with E-state index in [1.54, 1.807) is 53.5 Å². The standard InChI is InChI=1S/C21H16Cl3N5O2/c22-15-6-5-14(17(24)11-15)12-28-10-8-20(27-28)25-21(30)18-7-9-29(26-18)13-31-19-4-2-1-3-16(19)23/h1-11H,12-13H2,(H,25,27,30). The average Bonchev–Trinajstić information content (AvgIpc) is 3.39. The molecule has 0 aliphatic heterocycles. The van der Waals surface area contributed by atoms with Crippen LogP contribution in [-0.4, -0.2) is 25.5 Å². The zero-order valence-corrected chi connectivity index (χ0v) is 18.3. The van der Waals surface area contributed by atoms with E-state index in [0.717, 1.165) is 5.56 Å². The highest BCUT2D eigenvalue weighted by Gasteiger charge is 2.12. The van der Waals surface area contributed by atoms with E-state index in [1.165, 1.54) is 4.68 Å². The molecule has 0 aliphatic rings. The van der Waals surface area contributed by atoms with E-state index >= 15 is 0 Å². The number of anilines is 1. The van der Waals surface area contributed by atoms with Crippen molar-refractivity contribution in [1.82, 2.24) is 19.6 Å². The number of carbonyl (C=O) groups is 1. The van der Waals surface area contributed by atoms with Crippen LogP contribution in [0.1, 0.15) is 16.1 Å². The number of hydrogen-bond acceptors (Lipinski definition) is 4. The first-order chi connectivity index (χ1) is 15.0. The third-order valence-electron chi connectivity index (χ3n) is 4.29. The Labute approximate surface area is 193 Å². The Kier molecular flexibility index (Phi) is 6.46. The number of nitrogens with zero attached hydrogens (tertiary/aromatic N) is 4. The third kappa shape index (κ3) is 5.38. The van der Waals surface area contributed by atoms with Gasteiger partial charge in [0.25, 0.3) is 5.91 Å². The smallest absolute Gasteiger partial charge is 0.277 e. The fourth-order valence-electron chi connectivity index (χ4n) is 2.77. The van der Waals surface area contributed by atoms with Gasteiger partial charge in [0, 0.05) is 28.5 Å². The summed E-state index contributed by atoms with van der Waals surface area (Å²) in [4.78, 5) is 12.5. The van der Waals surface area contributed by atoms with Crippen LogP contribution in [0.5, 0.6) is 5.75 Å². The predicted molar refractivity (Wildman–Crippen MR) is 120 cm³/mol. The van der Waals surface area contributed by atoms with Gasteiger partial charge in [0.15, 0.2) is 18.2 Å². The van der Waals surface area contributed by atoms with Crippen molar-refractivity contribution in [2.75, 3.05) is 5.32 Å². The zero-order valence-electron chi connectivity index (χ0n) is 16.0. The Bertz CT molecular complexity index is 1220. The Morgan fingerprint density at radius 2 is 1.74 bits per heavy atom. The third-order valence-corrected chi connectivity index (χ3v) is 5.19. The first-order valence-corrected chi connectivity index (χ1v) is 10.3. The summed E-state index contributed by atoms with van der Waals surface area (Å²) in [6.07, 6.45) is 3.39. The Hall–Kier alpha value is -3.00. The van der Waals surface area contributed by atoms with Crippen LogP contribution in [0, 0.1) is 0 Å². The van der Waals surface area contributed by atoms with Crippen molar-refractivity contribution < 1.29 is 9.53 Å². The van der Waals surface area contributed by atoms with Gasteiger partial charge >= 0.3 is 0 Å². The minimum absolute atomic E-state index is 0.119. The second-order valence-electron chi connectivity index (χ2n) is 6.53. The normalized spacial score (nSPS) is 10.8. The molecule has 0 spiro atoms. The van der Waals surface area contributed by atoms with Gasteiger partial charge in [-0.15, -0.1) is 0 Å². The molecule has 0 atom stereocenters. The quantitative estimate of drug-likeness (QED) is 0.389. The molecule has 158 valence electrons. The number of amides is 1. The number of aromatic nitrogens is 4. The first kappa shape index (κ1) is 21.2. The molecule has 0 fully saturated rings. The molecule has 0 radical (unpaired) electrons. The molecule has 0 saturated carbocycles. The van der Waals surface area contributed by atoms with E-state index in [9.17, 15) is 4.79 Å². The van der Waals surface area contributed by atoms with Crippen LogP contribution in [0.2, 0.25) is 15.1 Å². The van der Waals surface area contributed by atoms with Gasteiger partial charge < -0.3 is 10.1 Å². The second kappa shape index (κ2) is 9.43. The molecule has 2 aromatic carbocycles. The predicted octanol–water partition coefficient (Wildman–Crippen LogP) is 5.38. The average molecular weight is 477 g/mol. The van der Waals surface area contributed by atoms with Gasteiger partial charge in [-0.2, -0.15) is 10.2 Å². The van der Waals surface area contributed by atoms with Gasteiger partial charge in [0.2, 0.25) is 0 Å². The van der Waals surface area contributed by atoms with Gasteiger partial charge in [-0.1, -0.05) is 53.0 Å². The number of halogens is 3. The lowest BCUT2D eigenvalue weighted by molar-refractivity contribution is 0.101. The van der Waals surface area contributed by atoms with Gasteiger partial charge in [0.05, 0.1) is 11.6 Å². The molecule has 7 nitrogen and oxygen atoms in total. The molecule has 0 aliphatic carbocycles. The van der Waals surface area contributed by atoms with E-state index in [1.807, 2.05) is 18.2 Å². The van der Waals surface area contributed by atoms with E-state index in [-0.39, 0.29) is 18.3 Å². The minimum Gasteiger partial charge on any atom is -0.470 e. The van der Waals surface area contributed by atoms with Crippen molar-refractivity contribution in [3.63, 3.8) is 0 Å². The summed E-state index contributed by atoms with van der Waals surface area (Å²) in [6.45, 7) is 0.563. The van der Waals surface area contributed by atoms with Gasteiger partial charge in [0.1, 0.15) is 5.75 Å². The summed E-state index contributed by atoms with van der Waals surface area (Å²) < 4.78 is 8.78. The van der Waals surface area contributed by atoms with Crippen LogP contribution in [-0.2, 0) is 13.3 Å². The molecule has 0 bridgehead atoms. The van der Waals surface area contributed by atoms with Gasteiger partial charge in [-0.3, -0.25) is 9.48 Å². The lowest BCUT2D eigenvalue weighted by Crippen LogP contribution is -2.15. The lowest BCUT2D eigenvalue weighted by Gasteiger charge is -2.07. The Morgan fingerprint density at radius 3 is 2.55 bits per heavy atom. The summed E-state index contributed by atoms with van der Waals surface area (Å²) in [5.74, 6) is 0.556. The maximum absolute atomic E-state index is 12.5. The summed E-state index contributed by atoms with van der Waals surface area (Å²) in [5.41, 5.74) is 1.10. The van der Waals surface area contributed by atoms with E-state index in [0.29, 0.717) is 33.2 Å². The monoisotopic (exact) mass is 475 g/mol. The van der Waals surface area contributed by atoms with Crippen molar-refractivity contribution in [3.05, 3.63) is 93.3 Å². The lowest BCUT2D eigenvalue weighted by atomic mass is 10.2. The van der Waals surface area contributed by atoms with Crippen molar-refractivity contribution >= 4 is 46.5 Å². The van der Waals surface area contributed by atoms with Crippen LogP contribution in [0.25, 0.3) is 0 Å². The molecule has 31 heavy (non-hydrogen) atoms. The number of ether oxygens (including phenoxy) is 1. The summed E-state index contributed by atoms with van der Waals surface area (Å²) in [5, 5.41) is 12.9. The van der Waals surface area contributed by atoms with Crippen molar-refractivity contribution in [2.24, 2.45) is 0 Å². The van der Waals surface area contributed by atoms with Crippen LogP contribution < -0.4 is 10.1 Å². The van der Waals surface area contributed by atoms with E-state index in [4.69, 9.17) is 39.5 Å². The van der Waals surface area contributed by atoms with Crippen molar-refractivity contribution in [3.8, 4) is 5.75 Å². The maximum Gasteiger partial charge on any atom is 0.277 e. The van der Waals surface area contributed by atoms with Crippen LogP contribution in [0.15, 0.2) is 67.0 Å². The number of carbonyl (C=O) groups excluding carboxylic acids is 1. The Morgan fingerprint density at radius 1 is 0.935 bits per heavy atom. The molecule has 2 heterocycles. The number of hydrogen-bond donors (Lipinski definition) is 1. The molecule has 0 saturated heterocycles. The Balaban J connectivity index is 1.35.